The monoisotopic (exact) mass is 306 g/mol. The van der Waals surface area contributed by atoms with Crippen molar-refractivity contribution >= 4 is 17.4 Å². The Labute approximate surface area is 127 Å². The number of carbonyl (C=O) groups is 1. The molecule has 3 rings (SSSR count). The predicted octanol–water partition coefficient (Wildman–Crippen LogP) is 0.817. The van der Waals surface area contributed by atoms with Gasteiger partial charge in [0.1, 0.15) is 6.10 Å². The van der Waals surface area contributed by atoms with Crippen LogP contribution in [-0.4, -0.2) is 59.6 Å². The molecule has 0 aromatic carbocycles. The largest absolute Gasteiger partial charge is 0.368 e. The van der Waals surface area contributed by atoms with Crippen LogP contribution in [0.25, 0.3) is 0 Å². The molecule has 0 N–H and O–H groups in total. The number of ether oxygens (including phenoxy) is 1. The highest BCUT2D eigenvalue weighted by Gasteiger charge is 2.31. The average Bonchev–Trinajstić information content (AvgIpc) is 3.09. The van der Waals surface area contributed by atoms with Crippen LogP contribution in [0.1, 0.15) is 12.8 Å². The van der Waals surface area contributed by atoms with Crippen LogP contribution in [0.4, 0.5) is 11.5 Å². The maximum Gasteiger partial charge on any atom is 0.311 e. The molecule has 1 atom stereocenters. The van der Waals surface area contributed by atoms with Crippen molar-refractivity contribution < 1.29 is 14.5 Å². The summed E-state index contributed by atoms with van der Waals surface area (Å²) in [7, 11) is 0. The minimum atomic E-state index is -0.424. The van der Waals surface area contributed by atoms with Gasteiger partial charge in [-0.25, -0.2) is 4.98 Å². The lowest BCUT2D eigenvalue weighted by molar-refractivity contribution is -0.384. The number of amides is 1. The molecule has 1 amide bonds. The van der Waals surface area contributed by atoms with E-state index in [2.05, 4.69) is 4.98 Å². The number of aromatic nitrogens is 1. The number of nitro groups is 1. The Morgan fingerprint density at radius 3 is 2.77 bits per heavy atom. The third-order valence-electron chi connectivity index (χ3n) is 4.06. The topological polar surface area (TPSA) is 88.8 Å². The van der Waals surface area contributed by atoms with Crippen LogP contribution in [0, 0.1) is 10.1 Å². The van der Waals surface area contributed by atoms with Crippen molar-refractivity contribution in [1.29, 1.82) is 0 Å². The van der Waals surface area contributed by atoms with Gasteiger partial charge < -0.3 is 14.5 Å². The van der Waals surface area contributed by atoms with E-state index in [9.17, 15) is 14.9 Å². The minimum Gasteiger partial charge on any atom is -0.368 e. The molecule has 2 fully saturated rings. The highest BCUT2D eigenvalue weighted by atomic mass is 16.6. The zero-order chi connectivity index (χ0) is 15.5. The van der Waals surface area contributed by atoms with Gasteiger partial charge >= 0.3 is 5.69 Å². The molecule has 8 nitrogen and oxygen atoms in total. The maximum atomic E-state index is 12.3. The molecule has 2 aliphatic rings. The Morgan fingerprint density at radius 2 is 2.14 bits per heavy atom. The molecular formula is C14H18N4O4. The van der Waals surface area contributed by atoms with E-state index < -0.39 is 4.92 Å². The number of rotatable bonds is 3. The molecule has 0 radical (unpaired) electrons. The molecular weight excluding hydrogens is 288 g/mol. The van der Waals surface area contributed by atoms with E-state index in [0.29, 0.717) is 38.6 Å². The lowest BCUT2D eigenvalue weighted by Crippen LogP contribution is -2.51. The molecule has 1 aromatic rings. The van der Waals surface area contributed by atoms with Gasteiger partial charge in [-0.1, -0.05) is 0 Å². The van der Waals surface area contributed by atoms with Gasteiger partial charge in [0.25, 0.3) is 5.91 Å². The van der Waals surface area contributed by atoms with Crippen LogP contribution in [-0.2, 0) is 9.53 Å². The zero-order valence-corrected chi connectivity index (χ0v) is 12.2. The van der Waals surface area contributed by atoms with Crippen molar-refractivity contribution in [3.63, 3.8) is 0 Å². The van der Waals surface area contributed by atoms with Crippen LogP contribution in [0.15, 0.2) is 18.3 Å². The van der Waals surface area contributed by atoms with Crippen LogP contribution in [0.3, 0.4) is 0 Å². The van der Waals surface area contributed by atoms with Gasteiger partial charge in [0.05, 0.1) is 4.92 Å². The van der Waals surface area contributed by atoms with E-state index in [1.54, 1.807) is 17.2 Å². The fourth-order valence-corrected chi connectivity index (χ4v) is 2.89. The second kappa shape index (κ2) is 6.27. The summed E-state index contributed by atoms with van der Waals surface area (Å²) < 4.78 is 5.42. The van der Waals surface area contributed by atoms with E-state index in [4.69, 9.17) is 4.74 Å². The second-order valence-corrected chi connectivity index (χ2v) is 5.42. The third kappa shape index (κ3) is 2.87. The first-order valence-electron chi connectivity index (χ1n) is 7.41. The number of pyridine rings is 1. The molecule has 0 saturated carbocycles. The smallest absolute Gasteiger partial charge is 0.311 e. The number of piperazine rings is 1. The van der Waals surface area contributed by atoms with Crippen LogP contribution < -0.4 is 4.90 Å². The summed E-state index contributed by atoms with van der Waals surface area (Å²) in [4.78, 5) is 30.7. The molecule has 2 aliphatic heterocycles. The third-order valence-corrected chi connectivity index (χ3v) is 4.06. The normalized spacial score (nSPS) is 21.9. The maximum absolute atomic E-state index is 12.3. The van der Waals surface area contributed by atoms with Crippen molar-refractivity contribution in [2.75, 3.05) is 37.7 Å². The second-order valence-electron chi connectivity index (χ2n) is 5.42. The Balaban J connectivity index is 1.64. The van der Waals surface area contributed by atoms with E-state index in [1.807, 2.05) is 4.90 Å². The van der Waals surface area contributed by atoms with Crippen molar-refractivity contribution in [1.82, 2.24) is 9.88 Å². The van der Waals surface area contributed by atoms with Crippen molar-refractivity contribution in [3.05, 3.63) is 28.4 Å². The van der Waals surface area contributed by atoms with Crippen LogP contribution >= 0.6 is 0 Å². The Morgan fingerprint density at radius 1 is 1.36 bits per heavy atom. The molecule has 1 unspecified atom stereocenters. The van der Waals surface area contributed by atoms with E-state index in [1.165, 1.54) is 6.07 Å². The average molecular weight is 306 g/mol. The van der Waals surface area contributed by atoms with Crippen LogP contribution in [0.2, 0.25) is 0 Å². The molecule has 0 aliphatic carbocycles. The standard InChI is InChI=1S/C14H18N4O4/c19-14(12-4-2-10-22-12)17-8-6-16(7-9-17)13-11(18(20)21)3-1-5-15-13/h1,3,5,12H,2,4,6-10H2. The summed E-state index contributed by atoms with van der Waals surface area (Å²) >= 11 is 0. The van der Waals surface area contributed by atoms with Gasteiger partial charge in [-0.2, -0.15) is 0 Å². The van der Waals surface area contributed by atoms with Crippen LogP contribution in [0.5, 0.6) is 0 Å². The number of anilines is 1. The molecule has 1 aromatic heterocycles. The Hall–Kier alpha value is -2.22. The minimum absolute atomic E-state index is 0.00130. The van der Waals surface area contributed by atoms with Crippen molar-refractivity contribution in [2.24, 2.45) is 0 Å². The molecule has 8 heteroatoms. The van der Waals surface area contributed by atoms with E-state index in [-0.39, 0.29) is 17.7 Å². The fourth-order valence-electron chi connectivity index (χ4n) is 2.89. The van der Waals surface area contributed by atoms with E-state index >= 15 is 0 Å². The van der Waals surface area contributed by atoms with E-state index in [0.717, 1.165) is 12.8 Å². The first-order chi connectivity index (χ1) is 10.7. The fraction of sp³-hybridized carbons (Fsp3) is 0.571. The van der Waals surface area contributed by atoms with Gasteiger partial charge in [0.2, 0.25) is 5.82 Å². The first kappa shape index (κ1) is 14.7. The number of nitrogens with zero attached hydrogens (tertiary/aromatic N) is 4. The number of hydrogen-bond acceptors (Lipinski definition) is 6. The predicted molar refractivity (Wildman–Crippen MR) is 78.7 cm³/mol. The SMILES string of the molecule is O=C(C1CCCO1)N1CCN(c2ncccc2[N+](=O)[O-])CC1. The quantitative estimate of drug-likeness (QED) is 0.606. The molecule has 0 spiro atoms. The highest BCUT2D eigenvalue weighted by Crippen LogP contribution is 2.26. The van der Waals surface area contributed by atoms with Crippen molar-refractivity contribution in [2.45, 2.75) is 18.9 Å². The van der Waals surface area contributed by atoms with Gasteiger partial charge in [-0.05, 0) is 18.9 Å². The van der Waals surface area contributed by atoms with Crippen molar-refractivity contribution in [3.8, 4) is 0 Å². The summed E-state index contributed by atoms with van der Waals surface area (Å²) in [5.41, 5.74) is 0.00130. The highest BCUT2D eigenvalue weighted by molar-refractivity contribution is 5.81. The number of hydrogen-bond donors (Lipinski definition) is 0. The molecule has 22 heavy (non-hydrogen) atoms. The summed E-state index contributed by atoms with van der Waals surface area (Å²) in [5.74, 6) is 0.407. The Bertz CT molecular complexity index is 566. The molecule has 118 valence electrons. The molecule has 2 saturated heterocycles. The Kier molecular flexibility index (Phi) is 4.19. The molecule has 3 heterocycles. The lowest BCUT2D eigenvalue weighted by atomic mass is 10.2. The summed E-state index contributed by atoms with van der Waals surface area (Å²) in [5, 5.41) is 11.1. The summed E-state index contributed by atoms with van der Waals surface area (Å²) in [6, 6.07) is 3.01. The summed E-state index contributed by atoms with van der Waals surface area (Å²) in [6.45, 7) is 2.79. The lowest BCUT2D eigenvalue weighted by Gasteiger charge is -2.36. The van der Waals surface area contributed by atoms with Gasteiger partial charge in [0, 0.05) is 45.0 Å². The number of carbonyl (C=O) groups excluding carboxylic acids is 1. The van der Waals surface area contributed by atoms with Gasteiger partial charge in [-0.15, -0.1) is 0 Å². The summed E-state index contributed by atoms with van der Waals surface area (Å²) in [6.07, 6.45) is 2.95. The van der Waals surface area contributed by atoms with Gasteiger partial charge in [0.15, 0.2) is 0 Å². The molecule has 0 bridgehead atoms. The van der Waals surface area contributed by atoms with Gasteiger partial charge in [-0.3, -0.25) is 14.9 Å². The zero-order valence-electron chi connectivity index (χ0n) is 12.2. The first-order valence-corrected chi connectivity index (χ1v) is 7.41.